The maximum atomic E-state index is 13.6. The zero-order chi connectivity index (χ0) is 26.2. The van der Waals surface area contributed by atoms with Crippen LogP contribution < -0.4 is 5.56 Å². The number of aryl methyl sites for hydroxylation is 2. The molecule has 1 aliphatic rings. The van der Waals surface area contributed by atoms with Gasteiger partial charge in [0.1, 0.15) is 6.04 Å². The third kappa shape index (κ3) is 5.08. The Kier molecular flexibility index (Phi) is 6.96. The van der Waals surface area contributed by atoms with Crippen LogP contribution in [0.15, 0.2) is 53.3 Å². The first-order valence-electron chi connectivity index (χ1n) is 13.2. The van der Waals surface area contributed by atoms with Gasteiger partial charge in [0.25, 0.3) is 5.56 Å². The number of rotatable bonds is 7. The lowest BCUT2D eigenvalue weighted by molar-refractivity contribution is 0.0968. The molecule has 8 heteroatoms. The molecule has 3 heterocycles. The molecule has 2 aromatic heterocycles. The van der Waals surface area contributed by atoms with E-state index in [4.69, 9.17) is 0 Å². The molecule has 4 aromatic rings. The fraction of sp³-hybridized carbons (Fsp3) is 0.448. The number of aromatic nitrogens is 5. The molecule has 0 bridgehead atoms. The first kappa shape index (κ1) is 25.3. The zero-order valence-corrected chi connectivity index (χ0v) is 22.5. The topological polar surface area (TPSA) is 82.9 Å². The summed E-state index contributed by atoms with van der Waals surface area (Å²) >= 11 is 0. The van der Waals surface area contributed by atoms with Gasteiger partial charge in [-0.1, -0.05) is 37.3 Å². The Bertz CT molecular complexity index is 1430. The Morgan fingerprint density at radius 2 is 1.70 bits per heavy atom. The number of nitrogens with one attached hydrogen (secondary N) is 1. The molecule has 8 nitrogen and oxygen atoms in total. The van der Waals surface area contributed by atoms with Crippen LogP contribution in [-0.4, -0.2) is 61.2 Å². The van der Waals surface area contributed by atoms with E-state index in [1.165, 1.54) is 11.1 Å². The number of benzene rings is 2. The molecule has 0 amide bonds. The Morgan fingerprint density at radius 1 is 1.00 bits per heavy atom. The molecule has 194 valence electrons. The summed E-state index contributed by atoms with van der Waals surface area (Å²) in [5.74, 6) is 0.719. The van der Waals surface area contributed by atoms with Gasteiger partial charge in [-0.2, -0.15) is 0 Å². The molecule has 1 aliphatic heterocycles. The van der Waals surface area contributed by atoms with Crippen molar-refractivity contribution in [3.63, 3.8) is 0 Å². The molecule has 0 unspecified atom stereocenters. The lowest BCUT2D eigenvalue weighted by atomic mass is 9.98. The summed E-state index contributed by atoms with van der Waals surface area (Å²) in [5, 5.41) is 14.0. The van der Waals surface area contributed by atoms with E-state index in [0.717, 1.165) is 61.4 Å². The fourth-order valence-corrected chi connectivity index (χ4v) is 5.16. The van der Waals surface area contributed by atoms with Crippen LogP contribution in [0.1, 0.15) is 61.3 Å². The standard InChI is InChI=1S/C29H37N7O/c1-6-29(4,5)36-27(31-32-33-36)26(24-18-23-16-20(2)21(3)17-25(23)30-28(24)37)35-14-12-34(13-15-35)19-22-10-8-7-9-11-22/h7-11,16-18,26H,6,12-15,19H2,1-5H3,(H,30,37)/t26-/m1/s1. The van der Waals surface area contributed by atoms with Crippen molar-refractivity contribution in [3.8, 4) is 0 Å². The predicted molar refractivity (Wildman–Crippen MR) is 147 cm³/mol. The van der Waals surface area contributed by atoms with Crippen LogP contribution in [0.4, 0.5) is 0 Å². The minimum atomic E-state index is -0.338. The van der Waals surface area contributed by atoms with Gasteiger partial charge in [-0.05, 0) is 84.8 Å². The zero-order valence-electron chi connectivity index (χ0n) is 22.5. The molecule has 37 heavy (non-hydrogen) atoms. The Balaban J connectivity index is 1.53. The van der Waals surface area contributed by atoms with Crippen LogP contribution in [0.2, 0.25) is 0 Å². The van der Waals surface area contributed by atoms with E-state index >= 15 is 0 Å². The van der Waals surface area contributed by atoms with Gasteiger partial charge in [0, 0.05) is 43.8 Å². The quantitative estimate of drug-likeness (QED) is 0.411. The van der Waals surface area contributed by atoms with E-state index in [0.29, 0.717) is 5.56 Å². The predicted octanol–water partition coefficient (Wildman–Crippen LogP) is 4.18. The van der Waals surface area contributed by atoms with Gasteiger partial charge in [0.2, 0.25) is 0 Å². The molecule has 5 rings (SSSR count). The Labute approximate surface area is 218 Å². The molecular formula is C29H37N7O. The van der Waals surface area contributed by atoms with Gasteiger partial charge in [-0.25, -0.2) is 4.68 Å². The molecule has 1 saturated heterocycles. The van der Waals surface area contributed by atoms with Crippen molar-refractivity contribution >= 4 is 10.9 Å². The van der Waals surface area contributed by atoms with Crippen LogP contribution in [0.3, 0.4) is 0 Å². The minimum Gasteiger partial charge on any atom is -0.322 e. The van der Waals surface area contributed by atoms with Crippen molar-refractivity contribution < 1.29 is 0 Å². The number of H-pyrrole nitrogens is 1. The largest absolute Gasteiger partial charge is 0.322 e. The van der Waals surface area contributed by atoms with Gasteiger partial charge in [-0.15, -0.1) is 5.10 Å². The van der Waals surface area contributed by atoms with Crippen molar-refractivity contribution in [1.82, 2.24) is 35.0 Å². The van der Waals surface area contributed by atoms with Crippen molar-refractivity contribution in [2.24, 2.45) is 0 Å². The monoisotopic (exact) mass is 499 g/mol. The van der Waals surface area contributed by atoms with Crippen molar-refractivity contribution in [2.45, 2.75) is 59.2 Å². The summed E-state index contributed by atoms with van der Waals surface area (Å²) < 4.78 is 1.91. The van der Waals surface area contributed by atoms with Crippen molar-refractivity contribution in [1.29, 1.82) is 0 Å². The molecule has 0 spiro atoms. The third-order valence-corrected chi connectivity index (χ3v) is 7.98. The first-order valence-corrected chi connectivity index (χ1v) is 13.2. The summed E-state index contributed by atoms with van der Waals surface area (Å²) in [7, 11) is 0. The number of hydrogen-bond donors (Lipinski definition) is 1. The summed E-state index contributed by atoms with van der Waals surface area (Å²) in [6.07, 6.45) is 0.870. The van der Waals surface area contributed by atoms with Crippen LogP contribution >= 0.6 is 0 Å². The number of tetrazole rings is 1. The Morgan fingerprint density at radius 3 is 2.41 bits per heavy atom. The summed E-state index contributed by atoms with van der Waals surface area (Å²) in [5.41, 5.74) is 4.87. The maximum absolute atomic E-state index is 13.6. The summed E-state index contributed by atoms with van der Waals surface area (Å²) in [6.45, 7) is 15.0. The minimum absolute atomic E-state index is 0.0867. The van der Waals surface area contributed by atoms with Gasteiger partial charge in [0.05, 0.1) is 5.54 Å². The molecule has 1 N–H and O–H groups in total. The van der Waals surface area contributed by atoms with Crippen LogP contribution in [0, 0.1) is 13.8 Å². The maximum Gasteiger partial charge on any atom is 0.253 e. The molecule has 0 aliphatic carbocycles. The first-order chi connectivity index (χ1) is 17.8. The highest BCUT2D eigenvalue weighted by Crippen LogP contribution is 2.31. The lowest BCUT2D eigenvalue weighted by Gasteiger charge is -2.39. The second-order valence-corrected chi connectivity index (χ2v) is 10.9. The molecule has 1 fully saturated rings. The fourth-order valence-electron chi connectivity index (χ4n) is 5.16. The number of fused-ring (bicyclic) bond motifs is 1. The molecule has 2 aromatic carbocycles. The van der Waals surface area contributed by atoms with E-state index in [-0.39, 0.29) is 17.1 Å². The van der Waals surface area contributed by atoms with Gasteiger partial charge >= 0.3 is 0 Å². The number of piperazine rings is 1. The Hall–Kier alpha value is -3.36. The average Bonchev–Trinajstić information content (AvgIpc) is 3.38. The molecule has 0 saturated carbocycles. The number of nitrogens with zero attached hydrogens (tertiary/aromatic N) is 6. The second-order valence-electron chi connectivity index (χ2n) is 10.9. The van der Waals surface area contributed by atoms with Crippen LogP contribution in [0.5, 0.6) is 0 Å². The normalized spacial score (nSPS) is 16.4. The lowest BCUT2D eigenvalue weighted by Crippen LogP contribution is -2.49. The van der Waals surface area contributed by atoms with Gasteiger partial charge in [-0.3, -0.25) is 14.6 Å². The van der Waals surface area contributed by atoms with E-state index in [1.54, 1.807) is 0 Å². The number of aromatic amines is 1. The summed E-state index contributed by atoms with van der Waals surface area (Å²) in [4.78, 5) is 21.6. The smallest absolute Gasteiger partial charge is 0.253 e. The highest BCUT2D eigenvalue weighted by Gasteiger charge is 2.35. The van der Waals surface area contributed by atoms with Crippen LogP contribution in [-0.2, 0) is 12.1 Å². The van der Waals surface area contributed by atoms with E-state index in [1.807, 2.05) is 10.7 Å². The van der Waals surface area contributed by atoms with E-state index in [9.17, 15) is 4.79 Å². The van der Waals surface area contributed by atoms with E-state index in [2.05, 4.69) is 107 Å². The number of hydrogen-bond acceptors (Lipinski definition) is 6. The third-order valence-electron chi connectivity index (χ3n) is 7.98. The highest BCUT2D eigenvalue weighted by atomic mass is 16.1. The highest BCUT2D eigenvalue weighted by molar-refractivity contribution is 5.81. The van der Waals surface area contributed by atoms with Crippen LogP contribution in [0.25, 0.3) is 10.9 Å². The molecule has 0 radical (unpaired) electrons. The second kappa shape index (κ2) is 10.2. The average molecular weight is 500 g/mol. The van der Waals surface area contributed by atoms with Crippen molar-refractivity contribution in [2.75, 3.05) is 26.2 Å². The molecular weight excluding hydrogens is 462 g/mol. The van der Waals surface area contributed by atoms with Crippen molar-refractivity contribution in [3.05, 3.63) is 87.0 Å². The SMILES string of the molecule is CCC(C)(C)n1nnnc1[C@@H](c1cc2cc(C)c(C)cc2[nH]c1=O)N1CCN(Cc2ccccc2)CC1. The van der Waals surface area contributed by atoms with Gasteiger partial charge in [0.15, 0.2) is 5.82 Å². The van der Waals surface area contributed by atoms with E-state index < -0.39 is 0 Å². The summed E-state index contributed by atoms with van der Waals surface area (Å²) in [6, 6.07) is 16.5. The van der Waals surface area contributed by atoms with Gasteiger partial charge < -0.3 is 4.98 Å². The number of pyridine rings is 1. The molecule has 1 atom stereocenters.